The first-order valence-corrected chi connectivity index (χ1v) is 9.50. The minimum absolute atomic E-state index is 0. The van der Waals surface area contributed by atoms with Gasteiger partial charge in [0.05, 0.1) is 12.6 Å². The summed E-state index contributed by atoms with van der Waals surface area (Å²) >= 11 is 0. The highest BCUT2D eigenvalue weighted by Crippen LogP contribution is 2.14. The zero-order chi connectivity index (χ0) is 18.8. The molecule has 1 saturated heterocycles. The molecular weight excluding hydrogens is 366 g/mol. The number of nitrogens with one attached hydrogen (secondary N) is 1. The topological polar surface area (TPSA) is 84.7 Å². The molecule has 152 valence electrons. The molecule has 0 bridgehead atoms. The number of piperidine rings is 1. The van der Waals surface area contributed by atoms with Gasteiger partial charge in [0.25, 0.3) is 0 Å². The fourth-order valence-electron chi connectivity index (χ4n) is 2.99. The van der Waals surface area contributed by atoms with E-state index in [0.717, 1.165) is 24.8 Å². The average molecular weight is 398 g/mol. The first-order chi connectivity index (χ1) is 12.6. The van der Waals surface area contributed by atoms with E-state index in [4.69, 9.17) is 10.5 Å². The first-order valence-electron chi connectivity index (χ1n) is 9.50. The minimum atomic E-state index is -0.0843. The monoisotopic (exact) mass is 397 g/mol. The number of nitrogens with two attached hydrogens (primary N) is 1. The average Bonchev–Trinajstić information content (AvgIpc) is 2.66. The number of carbonyl (C=O) groups excluding carboxylic acids is 2. The highest BCUT2D eigenvalue weighted by atomic mass is 35.5. The van der Waals surface area contributed by atoms with E-state index < -0.39 is 0 Å². The summed E-state index contributed by atoms with van der Waals surface area (Å²) in [6, 6.07) is 8.15. The van der Waals surface area contributed by atoms with Crippen LogP contribution in [0.3, 0.4) is 0 Å². The maximum Gasteiger partial charge on any atom is 0.241 e. The van der Waals surface area contributed by atoms with Gasteiger partial charge < -0.3 is 20.7 Å². The van der Waals surface area contributed by atoms with Gasteiger partial charge in [-0.05, 0) is 44.7 Å². The number of hydrogen-bond donors (Lipinski definition) is 2. The van der Waals surface area contributed by atoms with Crippen LogP contribution >= 0.6 is 12.4 Å². The zero-order valence-corrected chi connectivity index (χ0v) is 16.9. The third-order valence-corrected chi connectivity index (χ3v) is 4.69. The van der Waals surface area contributed by atoms with Crippen molar-refractivity contribution in [1.82, 2.24) is 10.2 Å². The lowest BCUT2D eigenvalue weighted by Gasteiger charge is -2.32. The number of benzene rings is 1. The Kier molecular flexibility index (Phi) is 11.0. The number of rotatable bonds is 9. The molecule has 0 saturated carbocycles. The molecule has 27 heavy (non-hydrogen) atoms. The summed E-state index contributed by atoms with van der Waals surface area (Å²) < 4.78 is 5.74. The Morgan fingerprint density at radius 3 is 2.52 bits per heavy atom. The van der Waals surface area contributed by atoms with Crippen molar-refractivity contribution in [3.8, 4) is 0 Å². The Labute approximate surface area is 168 Å². The number of halogens is 1. The molecule has 1 aliphatic heterocycles. The molecule has 0 aromatic heterocycles. The summed E-state index contributed by atoms with van der Waals surface area (Å²) in [6.07, 6.45) is 3.86. The number of ether oxygens (including phenoxy) is 1. The summed E-state index contributed by atoms with van der Waals surface area (Å²) in [5.74, 6) is -0.104. The minimum Gasteiger partial charge on any atom is -0.378 e. The summed E-state index contributed by atoms with van der Waals surface area (Å²) in [5.41, 5.74) is 7.80. The molecule has 0 aliphatic carbocycles. The molecule has 0 spiro atoms. The number of amides is 2. The largest absolute Gasteiger partial charge is 0.378 e. The Hall–Kier alpha value is -1.63. The van der Waals surface area contributed by atoms with Crippen LogP contribution in [0.1, 0.15) is 36.8 Å². The van der Waals surface area contributed by atoms with Gasteiger partial charge in [0.2, 0.25) is 11.8 Å². The van der Waals surface area contributed by atoms with Crippen molar-refractivity contribution in [3.05, 3.63) is 35.4 Å². The maximum atomic E-state index is 12.2. The van der Waals surface area contributed by atoms with E-state index in [1.165, 1.54) is 5.56 Å². The second-order valence-electron chi connectivity index (χ2n) is 6.86. The lowest BCUT2D eigenvalue weighted by atomic mass is 10.1. The second kappa shape index (κ2) is 12.7. The van der Waals surface area contributed by atoms with Gasteiger partial charge in [-0.1, -0.05) is 29.8 Å². The van der Waals surface area contributed by atoms with Crippen molar-refractivity contribution in [3.63, 3.8) is 0 Å². The van der Waals surface area contributed by atoms with Crippen molar-refractivity contribution >= 4 is 24.2 Å². The van der Waals surface area contributed by atoms with Gasteiger partial charge in [0, 0.05) is 26.1 Å². The van der Waals surface area contributed by atoms with E-state index in [2.05, 4.69) is 5.32 Å². The zero-order valence-electron chi connectivity index (χ0n) is 16.1. The van der Waals surface area contributed by atoms with Crippen LogP contribution in [-0.2, 0) is 20.7 Å². The SMILES string of the molecule is Cc1ccc(CCC(=O)NCC(=O)N2CCC(OCCCN)CC2)cc1.Cl. The van der Waals surface area contributed by atoms with Gasteiger partial charge in [0.1, 0.15) is 0 Å². The maximum absolute atomic E-state index is 12.2. The quantitative estimate of drug-likeness (QED) is 0.622. The van der Waals surface area contributed by atoms with Gasteiger partial charge in [-0.2, -0.15) is 0 Å². The van der Waals surface area contributed by atoms with E-state index in [1.807, 2.05) is 36.1 Å². The fourth-order valence-corrected chi connectivity index (χ4v) is 2.99. The summed E-state index contributed by atoms with van der Waals surface area (Å²) in [4.78, 5) is 26.0. The van der Waals surface area contributed by atoms with Crippen molar-refractivity contribution < 1.29 is 14.3 Å². The van der Waals surface area contributed by atoms with E-state index in [9.17, 15) is 9.59 Å². The predicted octanol–water partition coefficient (Wildman–Crippen LogP) is 1.82. The molecular formula is C20H32ClN3O3. The van der Waals surface area contributed by atoms with Gasteiger partial charge in [-0.3, -0.25) is 9.59 Å². The van der Waals surface area contributed by atoms with Crippen LogP contribution in [0.5, 0.6) is 0 Å². The Balaban J connectivity index is 0.00000364. The molecule has 1 heterocycles. The number of nitrogens with zero attached hydrogens (tertiary/aromatic N) is 1. The van der Waals surface area contributed by atoms with Crippen molar-refractivity contribution in [2.45, 2.75) is 45.1 Å². The van der Waals surface area contributed by atoms with E-state index >= 15 is 0 Å². The van der Waals surface area contributed by atoms with Gasteiger partial charge in [0.15, 0.2) is 0 Å². The number of likely N-dealkylation sites (tertiary alicyclic amines) is 1. The van der Waals surface area contributed by atoms with Crippen molar-refractivity contribution in [2.24, 2.45) is 5.73 Å². The molecule has 0 radical (unpaired) electrons. The van der Waals surface area contributed by atoms with Crippen molar-refractivity contribution in [2.75, 3.05) is 32.8 Å². The van der Waals surface area contributed by atoms with Crippen LogP contribution in [-0.4, -0.2) is 55.6 Å². The molecule has 3 N–H and O–H groups in total. The van der Waals surface area contributed by atoms with Gasteiger partial charge in [-0.15, -0.1) is 12.4 Å². The summed E-state index contributed by atoms with van der Waals surface area (Å²) in [7, 11) is 0. The molecule has 0 atom stereocenters. The highest BCUT2D eigenvalue weighted by molar-refractivity contribution is 5.85. The van der Waals surface area contributed by atoms with Crippen LogP contribution < -0.4 is 11.1 Å². The molecule has 6 nitrogen and oxygen atoms in total. The van der Waals surface area contributed by atoms with E-state index in [1.54, 1.807) is 0 Å². The molecule has 2 amide bonds. The van der Waals surface area contributed by atoms with Gasteiger partial charge >= 0.3 is 0 Å². The lowest BCUT2D eigenvalue weighted by Crippen LogP contribution is -2.45. The third kappa shape index (κ3) is 8.73. The van der Waals surface area contributed by atoms with Crippen LogP contribution in [0.4, 0.5) is 0 Å². The predicted molar refractivity (Wildman–Crippen MR) is 109 cm³/mol. The van der Waals surface area contributed by atoms with Crippen LogP contribution in [0.15, 0.2) is 24.3 Å². The molecule has 2 rings (SSSR count). The molecule has 7 heteroatoms. The third-order valence-electron chi connectivity index (χ3n) is 4.69. The second-order valence-corrected chi connectivity index (χ2v) is 6.86. The number of carbonyl (C=O) groups is 2. The summed E-state index contributed by atoms with van der Waals surface area (Å²) in [5, 5.41) is 2.74. The van der Waals surface area contributed by atoms with Gasteiger partial charge in [-0.25, -0.2) is 0 Å². The standard InChI is InChI=1S/C20H31N3O3.ClH/c1-16-3-5-17(6-4-16)7-8-19(24)22-15-20(25)23-12-9-18(10-13-23)26-14-2-11-21;/h3-6,18H,2,7-15,21H2,1H3,(H,22,24);1H. The van der Waals surface area contributed by atoms with Crippen molar-refractivity contribution in [1.29, 1.82) is 0 Å². The Morgan fingerprint density at radius 1 is 1.22 bits per heavy atom. The highest BCUT2D eigenvalue weighted by Gasteiger charge is 2.23. The number of hydrogen-bond acceptors (Lipinski definition) is 4. The first kappa shape index (κ1) is 23.4. The molecule has 1 aromatic carbocycles. The smallest absolute Gasteiger partial charge is 0.241 e. The Morgan fingerprint density at radius 2 is 1.89 bits per heavy atom. The van der Waals surface area contributed by atoms with E-state index in [0.29, 0.717) is 39.1 Å². The number of aryl methyl sites for hydroxylation is 2. The lowest BCUT2D eigenvalue weighted by molar-refractivity contribution is -0.135. The molecule has 1 aromatic rings. The molecule has 0 unspecified atom stereocenters. The fraction of sp³-hybridized carbons (Fsp3) is 0.600. The van der Waals surface area contributed by atoms with E-state index in [-0.39, 0.29) is 36.9 Å². The Bertz CT molecular complexity index is 572. The molecule has 1 fully saturated rings. The molecule has 1 aliphatic rings. The normalized spacial score (nSPS) is 14.5. The summed E-state index contributed by atoms with van der Waals surface area (Å²) in [6.45, 7) is 4.81. The van der Waals surface area contributed by atoms with Crippen LogP contribution in [0.2, 0.25) is 0 Å². The van der Waals surface area contributed by atoms with Crippen LogP contribution in [0, 0.1) is 6.92 Å². The van der Waals surface area contributed by atoms with Crippen LogP contribution in [0.25, 0.3) is 0 Å².